The molecule has 0 aliphatic heterocycles. The summed E-state index contributed by atoms with van der Waals surface area (Å²) < 4.78 is 0. The van der Waals surface area contributed by atoms with Crippen LogP contribution in [0.5, 0.6) is 0 Å². The van der Waals surface area contributed by atoms with Crippen LogP contribution in [0.4, 0.5) is 5.69 Å². The molecule has 2 amide bonds. The van der Waals surface area contributed by atoms with E-state index in [1.54, 1.807) is 32.3 Å². The van der Waals surface area contributed by atoms with E-state index in [4.69, 9.17) is 17.3 Å². The van der Waals surface area contributed by atoms with Gasteiger partial charge in [-0.3, -0.25) is 9.59 Å². The van der Waals surface area contributed by atoms with Crippen molar-refractivity contribution in [2.45, 2.75) is 6.42 Å². The molecule has 0 unspecified atom stereocenters. The third kappa shape index (κ3) is 5.06. The molecule has 0 atom stereocenters. The third-order valence-corrected chi connectivity index (χ3v) is 2.59. The molecule has 0 saturated heterocycles. The fourth-order valence-electron chi connectivity index (χ4n) is 1.36. The van der Waals surface area contributed by atoms with E-state index in [1.807, 2.05) is 0 Å². The smallest absolute Gasteiger partial charge is 0.254 e. The number of halogens is 2. The van der Waals surface area contributed by atoms with Gasteiger partial charge in [0.1, 0.15) is 0 Å². The van der Waals surface area contributed by atoms with Gasteiger partial charge in [0.2, 0.25) is 5.91 Å². The van der Waals surface area contributed by atoms with E-state index in [0.29, 0.717) is 16.3 Å². The van der Waals surface area contributed by atoms with Gasteiger partial charge in [-0.2, -0.15) is 0 Å². The Hall–Kier alpha value is -1.30. The van der Waals surface area contributed by atoms with Gasteiger partial charge in [0.05, 0.1) is 10.6 Å². The van der Waals surface area contributed by atoms with E-state index in [1.165, 1.54) is 4.90 Å². The summed E-state index contributed by atoms with van der Waals surface area (Å²) >= 11 is 5.95. The fourth-order valence-corrected chi connectivity index (χ4v) is 1.56. The minimum atomic E-state index is -0.213. The van der Waals surface area contributed by atoms with Crippen LogP contribution in [0.2, 0.25) is 5.02 Å². The molecule has 0 saturated carbocycles. The van der Waals surface area contributed by atoms with Gasteiger partial charge < -0.3 is 16.0 Å². The standard InChI is InChI=1S/C12H16ClN3O2.ClH/c1-16(2)12(18)9-7-8(3-4-10(9)13)15-11(17)5-6-14;/h3-4,7H,5-6,14H2,1-2H3,(H,15,17);1H. The van der Waals surface area contributed by atoms with Crippen LogP contribution < -0.4 is 11.1 Å². The largest absolute Gasteiger partial charge is 0.345 e. The Kier molecular flexibility index (Phi) is 7.44. The summed E-state index contributed by atoms with van der Waals surface area (Å²) in [6.07, 6.45) is 0.236. The van der Waals surface area contributed by atoms with Crippen molar-refractivity contribution in [1.82, 2.24) is 4.90 Å². The van der Waals surface area contributed by atoms with Crippen LogP contribution >= 0.6 is 24.0 Å². The minimum absolute atomic E-state index is 0. The van der Waals surface area contributed by atoms with E-state index in [0.717, 1.165) is 0 Å². The molecule has 0 fully saturated rings. The van der Waals surface area contributed by atoms with Crippen molar-refractivity contribution in [3.8, 4) is 0 Å². The molecule has 1 rings (SSSR count). The minimum Gasteiger partial charge on any atom is -0.345 e. The molecule has 0 aliphatic carbocycles. The number of rotatable bonds is 4. The van der Waals surface area contributed by atoms with Gasteiger partial charge in [-0.05, 0) is 18.2 Å². The first-order chi connectivity index (χ1) is 8.45. The number of hydrogen-bond donors (Lipinski definition) is 2. The molecule has 0 spiro atoms. The number of nitrogens with one attached hydrogen (secondary N) is 1. The van der Waals surface area contributed by atoms with Crippen molar-refractivity contribution in [2.24, 2.45) is 5.73 Å². The molecule has 0 heterocycles. The highest BCUT2D eigenvalue weighted by Crippen LogP contribution is 2.21. The van der Waals surface area contributed by atoms with Gasteiger partial charge in [0.15, 0.2) is 0 Å². The summed E-state index contributed by atoms with van der Waals surface area (Å²) in [5.74, 6) is -0.405. The van der Waals surface area contributed by atoms with Gasteiger partial charge >= 0.3 is 0 Å². The lowest BCUT2D eigenvalue weighted by Crippen LogP contribution is -2.22. The molecule has 19 heavy (non-hydrogen) atoms. The maximum atomic E-state index is 11.8. The summed E-state index contributed by atoms with van der Waals surface area (Å²) in [6.45, 7) is 0.281. The molecular weight excluding hydrogens is 289 g/mol. The highest BCUT2D eigenvalue weighted by molar-refractivity contribution is 6.34. The number of hydrogen-bond acceptors (Lipinski definition) is 3. The van der Waals surface area contributed by atoms with Gasteiger partial charge in [0.25, 0.3) is 5.91 Å². The highest BCUT2D eigenvalue weighted by atomic mass is 35.5. The van der Waals surface area contributed by atoms with Crippen LogP contribution in [-0.2, 0) is 4.79 Å². The van der Waals surface area contributed by atoms with Gasteiger partial charge in [0, 0.05) is 32.7 Å². The van der Waals surface area contributed by atoms with Gasteiger partial charge in [-0.15, -0.1) is 12.4 Å². The molecular formula is C12H17Cl2N3O2. The lowest BCUT2D eigenvalue weighted by Gasteiger charge is -2.13. The molecule has 5 nitrogen and oxygen atoms in total. The average Bonchev–Trinajstić information content (AvgIpc) is 2.31. The second-order valence-electron chi connectivity index (χ2n) is 3.98. The predicted molar refractivity (Wildman–Crippen MR) is 79.0 cm³/mol. The normalized spacial score (nSPS) is 9.47. The summed E-state index contributed by atoms with van der Waals surface area (Å²) in [5, 5.41) is 3.01. The van der Waals surface area contributed by atoms with Gasteiger partial charge in [-0.1, -0.05) is 11.6 Å². The Morgan fingerprint density at radius 2 is 2.00 bits per heavy atom. The van der Waals surface area contributed by atoms with Crippen molar-refractivity contribution in [1.29, 1.82) is 0 Å². The van der Waals surface area contributed by atoms with E-state index in [-0.39, 0.29) is 37.2 Å². The summed E-state index contributed by atoms with van der Waals surface area (Å²) in [5.41, 5.74) is 6.17. The Morgan fingerprint density at radius 3 is 2.53 bits per heavy atom. The first-order valence-corrected chi connectivity index (χ1v) is 5.84. The predicted octanol–water partition coefficient (Wildman–Crippen LogP) is 1.75. The lowest BCUT2D eigenvalue weighted by molar-refractivity contribution is -0.116. The third-order valence-electron chi connectivity index (χ3n) is 2.26. The maximum Gasteiger partial charge on any atom is 0.254 e. The van der Waals surface area contributed by atoms with Crippen molar-refractivity contribution in [3.63, 3.8) is 0 Å². The zero-order valence-corrected chi connectivity index (χ0v) is 12.3. The lowest BCUT2D eigenvalue weighted by atomic mass is 10.1. The molecule has 3 N–H and O–H groups in total. The molecule has 0 aliphatic rings. The fraction of sp³-hybridized carbons (Fsp3) is 0.333. The number of anilines is 1. The monoisotopic (exact) mass is 305 g/mol. The average molecular weight is 306 g/mol. The SMILES string of the molecule is CN(C)C(=O)c1cc(NC(=O)CCN)ccc1Cl.Cl. The van der Waals surface area contributed by atoms with Crippen molar-refractivity contribution >= 4 is 41.5 Å². The first-order valence-electron chi connectivity index (χ1n) is 5.47. The topological polar surface area (TPSA) is 75.4 Å². The van der Waals surface area contributed by atoms with Crippen molar-refractivity contribution < 1.29 is 9.59 Å². The number of nitrogens with zero attached hydrogens (tertiary/aromatic N) is 1. The molecule has 7 heteroatoms. The second kappa shape index (κ2) is 7.99. The van der Waals surface area contributed by atoms with E-state index < -0.39 is 0 Å². The Morgan fingerprint density at radius 1 is 1.37 bits per heavy atom. The zero-order chi connectivity index (χ0) is 13.7. The Labute approximate surface area is 123 Å². The number of carbonyl (C=O) groups is 2. The quantitative estimate of drug-likeness (QED) is 0.890. The Balaban J connectivity index is 0.00000324. The van der Waals surface area contributed by atoms with Crippen LogP contribution in [0.3, 0.4) is 0 Å². The number of amides is 2. The van der Waals surface area contributed by atoms with Gasteiger partial charge in [-0.25, -0.2) is 0 Å². The summed E-state index contributed by atoms with van der Waals surface area (Å²) in [6, 6.07) is 4.78. The van der Waals surface area contributed by atoms with Crippen LogP contribution in [0.1, 0.15) is 16.8 Å². The maximum absolute atomic E-state index is 11.8. The van der Waals surface area contributed by atoms with Crippen LogP contribution in [0, 0.1) is 0 Å². The van der Waals surface area contributed by atoms with Crippen molar-refractivity contribution in [3.05, 3.63) is 28.8 Å². The van der Waals surface area contributed by atoms with E-state index in [9.17, 15) is 9.59 Å². The second-order valence-corrected chi connectivity index (χ2v) is 4.39. The molecule has 1 aromatic carbocycles. The number of benzene rings is 1. The summed E-state index contributed by atoms with van der Waals surface area (Å²) in [7, 11) is 3.27. The Bertz CT molecular complexity index is 464. The first kappa shape index (κ1) is 17.7. The molecule has 106 valence electrons. The molecule has 0 radical (unpaired) electrons. The zero-order valence-electron chi connectivity index (χ0n) is 10.8. The number of nitrogens with two attached hydrogens (primary N) is 1. The van der Waals surface area contributed by atoms with Crippen LogP contribution in [0.15, 0.2) is 18.2 Å². The number of carbonyl (C=O) groups excluding carboxylic acids is 2. The van der Waals surface area contributed by atoms with Crippen LogP contribution in [0.25, 0.3) is 0 Å². The summed E-state index contributed by atoms with van der Waals surface area (Å²) in [4.78, 5) is 24.7. The highest BCUT2D eigenvalue weighted by Gasteiger charge is 2.13. The molecule has 0 aromatic heterocycles. The molecule has 1 aromatic rings. The van der Waals surface area contributed by atoms with Crippen LogP contribution in [-0.4, -0.2) is 37.4 Å². The van der Waals surface area contributed by atoms with E-state index >= 15 is 0 Å². The van der Waals surface area contributed by atoms with E-state index in [2.05, 4.69) is 5.32 Å². The van der Waals surface area contributed by atoms with Crippen molar-refractivity contribution in [2.75, 3.05) is 26.0 Å². The molecule has 0 bridgehead atoms.